The van der Waals surface area contributed by atoms with Crippen LogP contribution in [0.3, 0.4) is 0 Å². The van der Waals surface area contributed by atoms with E-state index in [1.165, 1.54) is 31.8 Å². The molecule has 0 aliphatic heterocycles. The molecule has 0 bridgehead atoms. The fraction of sp³-hybridized carbons (Fsp3) is 0.455. The zero-order valence-electron chi connectivity index (χ0n) is 44.3. The van der Waals surface area contributed by atoms with E-state index < -0.39 is 79.0 Å². The summed E-state index contributed by atoms with van der Waals surface area (Å²) in [5.74, 6) is -2.99. The first kappa shape index (κ1) is 66.4. The zero-order chi connectivity index (χ0) is 60.1. The number of carboxylic acids is 1. The topological polar surface area (TPSA) is 214 Å². The fourth-order valence-corrected chi connectivity index (χ4v) is 12.0. The van der Waals surface area contributed by atoms with Crippen LogP contribution in [0.25, 0.3) is 0 Å². The third-order valence-electron chi connectivity index (χ3n) is 14.2. The Balaban J connectivity index is 0.000000297. The van der Waals surface area contributed by atoms with E-state index in [0.29, 0.717) is 71.2 Å². The van der Waals surface area contributed by atoms with Crippen molar-refractivity contribution in [3.63, 3.8) is 0 Å². The zero-order valence-corrected chi connectivity index (χ0v) is 49.1. The van der Waals surface area contributed by atoms with Crippen molar-refractivity contribution in [2.45, 2.75) is 114 Å². The second-order valence-corrected chi connectivity index (χ2v) is 26.6. The van der Waals surface area contributed by atoms with Crippen LogP contribution in [-0.4, -0.2) is 98.9 Å². The highest BCUT2D eigenvalue weighted by Crippen LogP contribution is 2.47. The summed E-state index contributed by atoms with van der Waals surface area (Å²) in [4.78, 5) is 50.8. The number of esters is 1. The Morgan fingerprint density at radius 1 is 0.605 bits per heavy atom. The first-order valence-corrected chi connectivity index (χ1v) is 31.2. The summed E-state index contributed by atoms with van der Waals surface area (Å²) in [6.45, 7) is 0. The Hall–Kier alpha value is -5.40. The standard InChI is InChI=1S/C28H32ClF3N2O5S2.C27H30ClF3N2O5S2/c1-39-25(36)23(34-26(40)27(13-5-14-27)12-3-4-15-41(2,37)38)16-18-6-9-20(10-7-18)33-24(35)21-17-19(28(30,31)32)8-11-22(21)29;1-40(37,38)14-3-2-11-26(12-4-13-26)25(39)33-22(24(35)36)15-17-5-8-19(9-6-17)32-23(34)20-16-18(27(29,30)31)7-10-21(20)28/h6-11,17,23H,3-5,12-16H2,1-2H3,(H,33,35)(H,34,40);5-10,16,22H,2-4,11-15H2,1H3,(H,32,34)(H,33,39)(H,35,36). The third-order valence-corrected chi connectivity index (χ3v) is 18.0. The van der Waals surface area contributed by atoms with Crippen molar-refractivity contribution in [2.24, 2.45) is 10.8 Å². The Bertz CT molecular complexity index is 3160. The van der Waals surface area contributed by atoms with E-state index in [4.69, 9.17) is 52.4 Å². The number of methoxy groups -OCH3 is 1. The van der Waals surface area contributed by atoms with Gasteiger partial charge in [0, 0.05) is 59.1 Å². The molecule has 2 aliphatic rings. The number of carboxylic acid groups (broad SMARTS) is 1. The largest absolute Gasteiger partial charge is 0.480 e. The molecule has 0 spiro atoms. The van der Waals surface area contributed by atoms with Gasteiger partial charge in [-0.1, -0.05) is 97.6 Å². The molecule has 2 atom stereocenters. The molecule has 0 aromatic heterocycles. The van der Waals surface area contributed by atoms with Crippen LogP contribution in [0.4, 0.5) is 37.7 Å². The minimum Gasteiger partial charge on any atom is -0.480 e. The highest BCUT2D eigenvalue weighted by atomic mass is 35.5. The van der Waals surface area contributed by atoms with Gasteiger partial charge in [0.05, 0.1) is 49.4 Å². The highest BCUT2D eigenvalue weighted by molar-refractivity contribution is 7.90. The van der Waals surface area contributed by atoms with Crippen LogP contribution in [0.1, 0.15) is 120 Å². The second-order valence-electron chi connectivity index (χ2n) is 20.5. The summed E-state index contributed by atoms with van der Waals surface area (Å²) >= 11 is 23.2. The van der Waals surface area contributed by atoms with Gasteiger partial charge in [-0.25, -0.2) is 26.4 Å². The number of unbranched alkanes of at least 4 members (excludes halogenated alkanes) is 2. The number of aliphatic carboxylic acids is 1. The van der Waals surface area contributed by atoms with Gasteiger partial charge in [-0.3, -0.25) is 9.59 Å². The number of sulfone groups is 2. The Labute approximate surface area is 487 Å². The molecule has 0 radical (unpaired) electrons. The Kier molecular flexibility index (Phi) is 23.2. The van der Waals surface area contributed by atoms with Crippen molar-refractivity contribution >= 4 is 112 Å². The van der Waals surface area contributed by atoms with Gasteiger partial charge in [0.25, 0.3) is 11.8 Å². The SMILES string of the molecule is COC(=O)C(Cc1ccc(NC(=O)c2cc(C(F)(F)F)ccc2Cl)cc1)NC(=S)C1(CCCCS(C)(=O)=O)CCC1.CS(=O)(=O)CCCCC1(C(=S)NC(Cc2ccc(NC(=O)c3cc(C(F)(F)F)ccc3Cl)cc2)C(=O)O)CCC1. The molecule has 81 heavy (non-hydrogen) atoms. The molecular formula is C55H62Cl2F6N4O10S4. The highest BCUT2D eigenvalue weighted by Gasteiger charge is 2.43. The number of anilines is 2. The second kappa shape index (κ2) is 28.3. The van der Waals surface area contributed by atoms with Gasteiger partial charge in [0.15, 0.2) is 0 Å². The van der Waals surface area contributed by atoms with Crippen molar-refractivity contribution in [3.05, 3.63) is 128 Å². The third kappa shape index (κ3) is 19.9. The van der Waals surface area contributed by atoms with Gasteiger partial charge in [-0.15, -0.1) is 0 Å². The van der Waals surface area contributed by atoms with Crippen LogP contribution in [-0.2, 0) is 59.2 Å². The van der Waals surface area contributed by atoms with Gasteiger partial charge in [-0.2, -0.15) is 26.3 Å². The van der Waals surface area contributed by atoms with Crippen molar-refractivity contribution in [1.82, 2.24) is 10.6 Å². The molecule has 2 aliphatic carbocycles. The number of rotatable bonds is 24. The first-order chi connectivity index (χ1) is 37.7. The molecule has 2 amide bonds. The number of amides is 2. The maximum Gasteiger partial charge on any atom is 0.416 e. The van der Waals surface area contributed by atoms with Crippen LogP contribution in [0.2, 0.25) is 10.0 Å². The van der Waals surface area contributed by atoms with Crippen molar-refractivity contribution in [2.75, 3.05) is 41.8 Å². The van der Waals surface area contributed by atoms with E-state index in [2.05, 4.69) is 21.3 Å². The minimum absolute atomic E-state index is 0.0906. The molecule has 442 valence electrons. The van der Waals surface area contributed by atoms with E-state index in [1.54, 1.807) is 36.4 Å². The molecule has 6 rings (SSSR count). The summed E-state index contributed by atoms with van der Waals surface area (Å²) in [5.41, 5.74) is -1.26. The molecular weight excluding hydrogens is 1190 g/mol. The quantitative estimate of drug-likeness (QED) is 0.0191. The van der Waals surface area contributed by atoms with E-state index >= 15 is 0 Å². The number of alkyl halides is 6. The predicted octanol–water partition coefficient (Wildman–Crippen LogP) is 11.9. The summed E-state index contributed by atoms with van der Waals surface area (Å²) in [5, 5.41) is 20.8. The number of ether oxygens (including phenoxy) is 1. The molecule has 14 nitrogen and oxygen atoms in total. The van der Waals surface area contributed by atoms with Gasteiger partial charge in [-0.05, 0) is 123 Å². The number of hydrogen-bond donors (Lipinski definition) is 5. The van der Waals surface area contributed by atoms with Gasteiger partial charge >= 0.3 is 24.3 Å². The monoisotopic (exact) mass is 1250 g/mol. The molecule has 2 unspecified atom stereocenters. The number of carbonyl (C=O) groups excluding carboxylic acids is 3. The van der Waals surface area contributed by atoms with Crippen LogP contribution in [0, 0.1) is 10.8 Å². The van der Waals surface area contributed by atoms with Gasteiger partial charge < -0.3 is 31.1 Å². The van der Waals surface area contributed by atoms with Crippen molar-refractivity contribution < 1.29 is 72.2 Å². The molecule has 0 saturated heterocycles. The van der Waals surface area contributed by atoms with Crippen molar-refractivity contribution in [3.8, 4) is 0 Å². The fourth-order valence-electron chi connectivity index (χ4n) is 9.27. The lowest BCUT2D eigenvalue weighted by Gasteiger charge is -2.43. The lowest BCUT2D eigenvalue weighted by molar-refractivity contribution is -0.143. The summed E-state index contributed by atoms with van der Waals surface area (Å²) in [6.07, 6.45) is 2.64. The lowest BCUT2D eigenvalue weighted by Crippen LogP contribution is -2.51. The van der Waals surface area contributed by atoms with E-state index in [9.17, 15) is 67.5 Å². The Morgan fingerprint density at radius 2 is 0.963 bits per heavy atom. The summed E-state index contributed by atoms with van der Waals surface area (Å²) in [7, 11) is -4.80. The van der Waals surface area contributed by atoms with Gasteiger partial charge in [0.2, 0.25) is 0 Å². The number of nitrogens with one attached hydrogen (secondary N) is 4. The molecule has 4 aromatic carbocycles. The summed E-state index contributed by atoms with van der Waals surface area (Å²) < 4.78 is 129. The number of halogens is 8. The van der Waals surface area contributed by atoms with Crippen LogP contribution >= 0.6 is 47.6 Å². The average molecular weight is 1250 g/mol. The first-order valence-electron chi connectivity index (χ1n) is 25.6. The van der Waals surface area contributed by atoms with E-state index in [0.717, 1.165) is 74.8 Å². The predicted molar refractivity (Wildman–Crippen MR) is 307 cm³/mol. The number of benzene rings is 4. The molecule has 5 N–H and O–H groups in total. The molecule has 26 heteroatoms. The smallest absolute Gasteiger partial charge is 0.416 e. The summed E-state index contributed by atoms with van der Waals surface area (Å²) in [6, 6.07) is 15.9. The minimum atomic E-state index is -4.63. The molecule has 4 aromatic rings. The Morgan fingerprint density at radius 3 is 1.27 bits per heavy atom. The van der Waals surface area contributed by atoms with Crippen molar-refractivity contribution in [1.29, 1.82) is 0 Å². The normalized spacial score (nSPS) is 15.4. The van der Waals surface area contributed by atoms with E-state index in [1.807, 2.05) is 0 Å². The maximum absolute atomic E-state index is 13.1. The van der Waals surface area contributed by atoms with Crippen LogP contribution < -0.4 is 21.3 Å². The number of thiocarbonyl (C=S) groups is 2. The average Bonchev–Trinajstić information content (AvgIpc) is 3.45. The van der Waals surface area contributed by atoms with Crippen LogP contribution in [0.5, 0.6) is 0 Å². The van der Waals surface area contributed by atoms with Crippen LogP contribution in [0.15, 0.2) is 84.9 Å². The molecule has 2 fully saturated rings. The van der Waals surface area contributed by atoms with E-state index in [-0.39, 0.29) is 56.3 Å². The number of hydrogen-bond acceptors (Lipinski definition) is 11. The number of carbonyl (C=O) groups is 4. The lowest BCUT2D eigenvalue weighted by atomic mass is 9.65. The molecule has 0 heterocycles. The maximum atomic E-state index is 13.1. The molecule has 2 saturated carbocycles. The van der Waals surface area contributed by atoms with Gasteiger partial charge in [0.1, 0.15) is 31.8 Å².